The van der Waals surface area contributed by atoms with Crippen molar-refractivity contribution in [2.45, 2.75) is 6.92 Å². The third kappa shape index (κ3) is 4.08. The number of fused-ring (bicyclic) bond motifs is 1. The van der Waals surface area contributed by atoms with Gasteiger partial charge in [0, 0.05) is 10.5 Å². The van der Waals surface area contributed by atoms with Crippen molar-refractivity contribution in [1.29, 1.82) is 0 Å². The largest absolute Gasteiger partial charge is 0.423 e. The average Bonchev–Trinajstić information content (AvgIpc) is 2.54. The van der Waals surface area contributed by atoms with Crippen molar-refractivity contribution in [3.8, 4) is 5.75 Å². The zero-order valence-electron chi connectivity index (χ0n) is 12.6. The van der Waals surface area contributed by atoms with Crippen molar-refractivity contribution in [2.75, 3.05) is 0 Å². The van der Waals surface area contributed by atoms with Crippen LogP contribution in [0.4, 0.5) is 0 Å². The molecule has 0 aliphatic carbocycles. The number of esters is 1. The van der Waals surface area contributed by atoms with Gasteiger partial charge in [-0.2, -0.15) is 0 Å². The Hall–Kier alpha value is -2.39. The summed E-state index contributed by atoms with van der Waals surface area (Å²) in [5.41, 5.74) is 2.16. The van der Waals surface area contributed by atoms with Gasteiger partial charge >= 0.3 is 5.97 Å². The molecule has 0 saturated heterocycles. The van der Waals surface area contributed by atoms with E-state index < -0.39 is 0 Å². The normalized spacial score (nSPS) is 11.0. The second-order valence-corrected chi connectivity index (χ2v) is 6.23. The van der Waals surface area contributed by atoms with E-state index in [4.69, 9.17) is 4.74 Å². The zero-order chi connectivity index (χ0) is 16.2. The highest BCUT2D eigenvalue weighted by atomic mass is 79.9. The Morgan fingerprint density at radius 1 is 0.957 bits per heavy atom. The van der Waals surface area contributed by atoms with E-state index in [0.717, 1.165) is 20.8 Å². The van der Waals surface area contributed by atoms with Crippen LogP contribution in [-0.2, 0) is 4.79 Å². The van der Waals surface area contributed by atoms with E-state index in [1.54, 1.807) is 12.1 Å². The predicted octanol–water partition coefficient (Wildman–Crippen LogP) is 5.53. The first-order chi connectivity index (χ1) is 11.1. The number of rotatable bonds is 3. The molecule has 2 nitrogen and oxygen atoms in total. The molecule has 114 valence electrons. The molecule has 0 aliphatic rings. The van der Waals surface area contributed by atoms with Gasteiger partial charge in [-0.1, -0.05) is 57.9 Å². The van der Waals surface area contributed by atoms with Crippen LogP contribution in [0.3, 0.4) is 0 Å². The van der Waals surface area contributed by atoms with Crippen molar-refractivity contribution in [2.24, 2.45) is 0 Å². The molecule has 3 aromatic carbocycles. The zero-order valence-corrected chi connectivity index (χ0v) is 14.2. The second-order valence-electron chi connectivity index (χ2n) is 5.32. The van der Waals surface area contributed by atoms with Gasteiger partial charge in [-0.15, -0.1) is 0 Å². The van der Waals surface area contributed by atoms with Crippen LogP contribution in [0.5, 0.6) is 5.75 Å². The molecule has 0 fully saturated rings. The molecule has 0 aliphatic heterocycles. The van der Waals surface area contributed by atoms with Crippen LogP contribution in [0.15, 0.2) is 71.2 Å². The molecular weight excluding hydrogens is 352 g/mol. The number of hydrogen-bond donors (Lipinski definition) is 0. The first kappa shape index (κ1) is 15.5. The van der Waals surface area contributed by atoms with Gasteiger partial charge in [0.15, 0.2) is 0 Å². The van der Waals surface area contributed by atoms with Crippen LogP contribution in [0.1, 0.15) is 11.1 Å². The van der Waals surface area contributed by atoms with Crippen LogP contribution in [-0.4, -0.2) is 5.97 Å². The van der Waals surface area contributed by atoms with Gasteiger partial charge in [-0.25, -0.2) is 4.79 Å². The molecule has 3 aromatic rings. The molecule has 0 bridgehead atoms. The van der Waals surface area contributed by atoms with Gasteiger partial charge in [-0.3, -0.25) is 0 Å². The number of hydrogen-bond acceptors (Lipinski definition) is 2. The van der Waals surface area contributed by atoms with Crippen LogP contribution in [0.25, 0.3) is 16.8 Å². The lowest BCUT2D eigenvalue weighted by Gasteiger charge is -2.04. The standard InChI is InChI=1S/C20H15BrO2/c1-14-2-4-15(5-3-14)6-11-20(22)23-19-10-8-16-12-18(21)9-7-17(16)13-19/h2-13H,1H3/b11-6+. The van der Waals surface area contributed by atoms with Gasteiger partial charge in [0.25, 0.3) is 0 Å². The average molecular weight is 367 g/mol. The fraction of sp³-hybridized carbons (Fsp3) is 0.0500. The lowest BCUT2D eigenvalue weighted by molar-refractivity contribution is -0.128. The predicted molar refractivity (Wildman–Crippen MR) is 97.5 cm³/mol. The maximum absolute atomic E-state index is 11.9. The molecule has 0 saturated carbocycles. The summed E-state index contributed by atoms with van der Waals surface area (Å²) in [4.78, 5) is 11.9. The molecule has 0 unspecified atom stereocenters. The summed E-state index contributed by atoms with van der Waals surface area (Å²) in [5, 5.41) is 2.12. The van der Waals surface area contributed by atoms with Gasteiger partial charge in [-0.05, 0) is 53.6 Å². The van der Waals surface area contributed by atoms with E-state index in [1.807, 2.05) is 61.5 Å². The van der Waals surface area contributed by atoms with Gasteiger partial charge in [0.05, 0.1) is 0 Å². The minimum absolute atomic E-state index is 0.387. The maximum atomic E-state index is 11.9. The second kappa shape index (κ2) is 6.80. The van der Waals surface area contributed by atoms with E-state index in [1.165, 1.54) is 11.6 Å². The summed E-state index contributed by atoms with van der Waals surface area (Å²) < 4.78 is 6.38. The Labute approximate surface area is 143 Å². The number of carbonyl (C=O) groups excluding carboxylic acids is 1. The Bertz CT molecular complexity index is 880. The smallest absolute Gasteiger partial charge is 0.336 e. The van der Waals surface area contributed by atoms with Crippen molar-refractivity contribution in [3.63, 3.8) is 0 Å². The van der Waals surface area contributed by atoms with Crippen molar-refractivity contribution in [1.82, 2.24) is 0 Å². The quantitative estimate of drug-likeness (QED) is 0.346. The topological polar surface area (TPSA) is 26.3 Å². The molecule has 23 heavy (non-hydrogen) atoms. The van der Waals surface area contributed by atoms with E-state index in [9.17, 15) is 4.79 Å². The molecule has 0 aromatic heterocycles. The molecular formula is C20H15BrO2. The lowest BCUT2D eigenvalue weighted by Crippen LogP contribution is -2.03. The van der Waals surface area contributed by atoms with Crippen LogP contribution >= 0.6 is 15.9 Å². The number of benzene rings is 3. The van der Waals surface area contributed by atoms with Crippen molar-refractivity contribution in [3.05, 3.63) is 82.3 Å². The van der Waals surface area contributed by atoms with Crippen LogP contribution in [0, 0.1) is 6.92 Å². The summed E-state index contributed by atoms with van der Waals surface area (Å²) in [6, 6.07) is 19.5. The summed E-state index contributed by atoms with van der Waals surface area (Å²) in [6.45, 7) is 2.03. The van der Waals surface area contributed by atoms with E-state index in [0.29, 0.717) is 5.75 Å². The SMILES string of the molecule is Cc1ccc(/C=C/C(=O)Oc2ccc3cc(Br)ccc3c2)cc1. The van der Waals surface area contributed by atoms with Gasteiger partial charge in [0.1, 0.15) is 5.75 Å². The number of halogens is 1. The van der Waals surface area contributed by atoms with Crippen molar-refractivity contribution >= 4 is 38.7 Å². The first-order valence-electron chi connectivity index (χ1n) is 7.26. The summed E-state index contributed by atoms with van der Waals surface area (Å²) in [7, 11) is 0. The molecule has 0 N–H and O–H groups in total. The number of ether oxygens (including phenoxy) is 1. The first-order valence-corrected chi connectivity index (χ1v) is 8.05. The highest BCUT2D eigenvalue weighted by Gasteiger charge is 2.02. The molecule has 3 rings (SSSR count). The van der Waals surface area contributed by atoms with Crippen LogP contribution < -0.4 is 4.74 Å². The minimum atomic E-state index is -0.387. The summed E-state index contributed by atoms with van der Waals surface area (Å²) in [6.07, 6.45) is 3.19. The Kier molecular flexibility index (Phi) is 4.58. The van der Waals surface area contributed by atoms with Gasteiger partial charge < -0.3 is 4.74 Å². The Morgan fingerprint density at radius 3 is 2.43 bits per heavy atom. The van der Waals surface area contributed by atoms with E-state index >= 15 is 0 Å². The Morgan fingerprint density at radius 2 is 1.65 bits per heavy atom. The number of carbonyl (C=O) groups is 1. The molecule has 0 spiro atoms. The highest BCUT2D eigenvalue weighted by molar-refractivity contribution is 9.10. The molecule has 0 atom stereocenters. The molecule has 3 heteroatoms. The fourth-order valence-electron chi connectivity index (χ4n) is 2.25. The van der Waals surface area contributed by atoms with E-state index in [2.05, 4.69) is 15.9 Å². The maximum Gasteiger partial charge on any atom is 0.336 e. The van der Waals surface area contributed by atoms with Crippen LogP contribution in [0.2, 0.25) is 0 Å². The Balaban J connectivity index is 1.72. The minimum Gasteiger partial charge on any atom is -0.423 e. The summed E-state index contributed by atoms with van der Waals surface area (Å²) >= 11 is 3.44. The van der Waals surface area contributed by atoms with E-state index in [-0.39, 0.29) is 5.97 Å². The monoisotopic (exact) mass is 366 g/mol. The molecule has 0 amide bonds. The third-order valence-corrected chi connectivity index (χ3v) is 3.97. The lowest BCUT2D eigenvalue weighted by atomic mass is 10.1. The summed E-state index contributed by atoms with van der Waals surface area (Å²) in [5.74, 6) is 0.153. The molecule has 0 radical (unpaired) electrons. The van der Waals surface area contributed by atoms with Crippen molar-refractivity contribution < 1.29 is 9.53 Å². The highest BCUT2D eigenvalue weighted by Crippen LogP contribution is 2.24. The molecule has 0 heterocycles. The van der Waals surface area contributed by atoms with Gasteiger partial charge in [0.2, 0.25) is 0 Å². The number of aryl methyl sites for hydroxylation is 1. The third-order valence-electron chi connectivity index (χ3n) is 3.48. The fourth-order valence-corrected chi connectivity index (χ4v) is 2.63.